The van der Waals surface area contributed by atoms with Gasteiger partial charge >= 0.3 is 0 Å². The van der Waals surface area contributed by atoms with Crippen LogP contribution in [0.4, 0.5) is 0 Å². The fraction of sp³-hybridized carbons (Fsp3) is 0.389. The summed E-state index contributed by atoms with van der Waals surface area (Å²) in [6.07, 6.45) is 8.40. The van der Waals surface area contributed by atoms with Crippen molar-refractivity contribution in [3.05, 3.63) is 66.0 Å². The molecule has 1 aromatic carbocycles. The number of hydrogen-bond donors (Lipinski definition) is 1. The number of aromatic nitrogens is 1. The molecule has 106 valence electrons. The highest BCUT2D eigenvalue weighted by atomic mass is 14.9. The lowest BCUT2D eigenvalue weighted by molar-refractivity contribution is 0.464. The van der Waals surface area contributed by atoms with Gasteiger partial charge in [0.05, 0.1) is 0 Å². The average Bonchev–Trinajstić information content (AvgIpc) is 2.52. The van der Waals surface area contributed by atoms with Crippen molar-refractivity contribution in [1.29, 1.82) is 0 Å². The van der Waals surface area contributed by atoms with E-state index in [4.69, 9.17) is 0 Å². The fourth-order valence-corrected chi connectivity index (χ4v) is 2.51. The smallest absolute Gasteiger partial charge is 0.0270 e. The Morgan fingerprint density at radius 3 is 2.10 bits per heavy atom. The van der Waals surface area contributed by atoms with E-state index in [0.29, 0.717) is 6.04 Å². The first-order chi connectivity index (χ1) is 9.88. The first-order valence-corrected chi connectivity index (χ1v) is 7.54. The molecule has 0 fully saturated rings. The van der Waals surface area contributed by atoms with Gasteiger partial charge in [0.25, 0.3) is 0 Å². The summed E-state index contributed by atoms with van der Waals surface area (Å²) < 4.78 is 0. The first kappa shape index (κ1) is 14.7. The lowest BCUT2D eigenvalue weighted by Gasteiger charge is -2.18. The highest BCUT2D eigenvalue weighted by Gasteiger charge is 2.07. The van der Waals surface area contributed by atoms with E-state index in [1.165, 1.54) is 24.0 Å². The van der Waals surface area contributed by atoms with Crippen molar-refractivity contribution >= 4 is 0 Å². The molecule has 1 aromatic heterocycles. The molecule has 0 aliphatic carbocycles. The van der Waals surface area contributed by atoms with Crippen LogP contribution in [-0.4, -0.2) is 17.6 Å². The summed E-state index contributed by atoms with van der Waals surface area (Å²) in [4.78, 5) is 4.07. The third-order valence-corrected chi connectivity index (χ3v) is 3.65. The van der Waals surface area contributed by atoms with E-state index >= 15 is 0 Å². The zero-order valence-electron chi connectivity index (χ0n) is 12.3. The Hall–Kier alpha value is -1.67. The zero-order chi connectivity index (χ0) is 14.0. The number of pyridine rings is 1. The van der Waals surface area contributed by atoms with Crippen LogP contribution in [0.3, 0.4) is 0 Å². The summed E-state index contributed by atoms with van der Waals surface area (Å²) in [6.45, 7) is 3.22. The third-order valence-electron chi connectivity index (χ3n) is 3.65. The summed E-state index contributed by atoms with van der Waals surface area (Å²) >= 11 is 0. The maximum atomic E-state index is 4.07. The Balaban J connectivity index is 1.81. The molecule has 2 rings (SSSR count). The molecule has 1 N–H and O–H groups in total. The van der Waals surface area contributed by atoms with E-state index in [9.17, 15) is 0 Å². The van der Waals surface area contributed by atoms with Crippen LogP contribution in [0.1, 0.15) is 30.9 Å². The van der Waals surface area contributed by atoms with Crippen molar-refractivity contribution < 1.29 is 0 Å². The predicted molar refractivity (Wildman–Crippen MR) is 84.8 cm³/mol. The second-order valence-corrected chi connectivity index (χ2v) is 5.17. The van der Waals surface area contributed by atoms with E-state index in [-0.39, 0.29) is 0 Å². The SMILES string of the molecule is CCNC(CCc1ccccc1)CCc1ccncc1. The summed E-state index contributed by atoms with van der Waals surface area (Å²) in [5.74, 6) is 0. The molecule has 0 saturated heterocycles. The number of benzene rings is 1. The molecule has 20 heavy (non-hydrogen) atoms. The Morgan fingerprint density at radius 2 is 1.50 bits per heavy atom. The van der Waals surface area contributed by atoms with E-state index in [2.05, 4.69) is 59.7 Å². The van der Waals surface area contributed by atoms with Gasteiger partial charge in [-0.15, -0.1) is 0 Å². The lowest BCUT2D eigenvalue weighted by Crippen LogP contribution is -2.29. The van der Waals surface area contributed by atoms with Gasteiger partial charge in [-0.25, -0.2) is 0 Å². The van der Waals surface area contributed by atoms with Gasteiger partial charge in [-0.1, -0.05) is 37.3 Å². The second kappa shape index (κ2) is 8.49. The largest absolute Gasteiger partial charge is 0.314 e. The molecule has 1 unspecified atom stereocenters. The lowest BCUT2D eigenvalue weighted by atomic mass is 9.99. The highest BCUT2D eigenvalue weighted by Crippen LogP contribution is 2.10. The van der Waals surface area contributed by atoms with Crippen LogP contribution in [0.5, 0.6) is 0 Å². The fourth-order valence-electron chi connectivity index (χ4n) is 2.51. The van der Waals surface area contributed by atoms with Gasteiger partial charge in [0.15, 0.2) is 0 Å². The van der Waals surface area contributed by atoms with Crippen LogP contribution >= 0.6 is 0 Å². The Labute approximate surface area is 122 Å². The van der Waals surface area contributed by atoms with Crippen molar-refractivity contribution in [2.45, 2.75) is 38.6 Å². The monoisotopic (exact) mass is 268 g/mol. The average molecular weight is 268 g/mol. The van der Waals surface area contributed by atoms with Crippen LogP contribution in [-0.2, 0) is 12.8 Å². The van der Waals surface area contributed by atoms with Crippen molar-refractivity contribution in [1.82, 2.24) is 10.3 Å². The topological polar surface area (TPSA) is 24.9 Å². The summed E-state index contributed by atoms with van der Waals surface area (Å²) in [6, 6.07) is 15.6. The van der Waals surface area contributed by atoms with Crippen LogP contribution in [0.2, 0.25) is 0 Å². The van der Waals surface area contributed by atoms with Crippen molar-refractivity contribution in [3.8, 4) is 0 Å². The van der Waals surface area contributed by atoms with Gasteiger partial charge in [-0.3, -0.25) is 4.98 Å². The van der Waals surface area contributed by atoms with E-state index in [1.54, 1.807) is 0 Å². The summed E-state index contributed by atoms with van der Waals surface area (Å²) in [5.41, 5.74) is 2.81. The molecule has 0 amide bonds. The normalized spacial score (nSPS) is 12.2. The van der Waals surface area contributed by atoms with Crippen LogP contribution in [0, 0.1) is 0 Å². The number of nitrogens with zero attached hydrogens (tertiary/aromatic N) is 1. The molecule has 1 heterocycles. The summed E-state index contributed by atoms with van der Waals surface area (Å²) in [5, 5.41) is 3.61. The van der Waals surface area contributed by atoms with E-state index in [0.717, 1.165) is 19.4 Å². The maximum Gasteiger partial charge on any atom is 0.0270 e. The molecule has 2 aromatic rings. The number of hydrogen-bond acceptors (Lipinski definition) is 2. The molecular weight excluding hydrogens is 244 g/mol. The Bertz CT molecular complexity index is 424. The summed E-state index contributed by atoms with van der Waals surface area (Å²) in [7, 11) is 0. The molecule has 0 spiro atoms. The quantitative estimate of drug-likeness (QED) is 0.791. The van der Waals surface area contributed by atoms with E-state index in [1.807, 2.05) is 12.4 Å². The molecule has 0 aliphatic heterocycles. The number of nitrogens with one attached hydrogen (secondary N) is 1. The maximum absolute atomic E-state index is 4.07. The Morgan fingerprint density at radius 1 is 0.900 bits per heavy atom. The minimum Gasteiger partial charge on any atom is -0.314 e. The molecule has 0 aliphatic rings. The highest BCUT2D eigenvalue weighted by molar-refractivity contribution is 5.15. The van der Waals surface area contributed by atoms with Crippen molar-refractivity contribution in [3.63, 3.8) is 0 Å². The molecule has 1 atom stereocenters. The van der Waals surface area contributed by atoms with Crippen molar-refractivity contribution in [2.24, 2.45) is 0 Å². The standard InChI is InChI=1S/C18H24N2/c1-2-20-18(10-8-16-6-4-3-5-7-16)11-9-17-12-14-19-15-13-17/h3-7,12-15,18,20H,2,8-11H2,1H3. The van der Waals surface area contributed by atoms with Crippen LogP contribution in [0.15, 0.2) is 54.9 Å². The van der Waals surface area contributed by atoms with Gasteiger partial charge in [-0.05, 0) is 55.5 Å². The third kappa shape index (κ3) is 5.14. The Kier molecular flexibility index (Phi) is 6.25. The minimum atomic E-state index is 0.591. The molecule has 2 nitrogen and oxygen atoms in total. The zero-order valence-corrected chi connectivity index (χ0v) is 12.3. The number of aryl methyl sites for hydroxylation is 2. The van der Waals surface area contributed by atoms with Crippen molar-refractivity contribution in [2.75, 3.05) is 6.54 Å². The van der Waals surface area contributed by atoms with Gasteiger partial charge in [0.1, 0.15) is 0 Å². The minimum absolute atomic E-state index is 0.591. The molecule has 2 heteroatoms. The second-order valence-electron chi connectivity index (χ2n) is 5.17. The van der Waals surface area contributed by atoms with Gasteiger partial charge in [0.2, 0.25) is 0 Å². The van der Waals surface area contributed by atoms with Gasteiger partial charge in [0, 0.05) is 18.4 Å². The molecule has 0 saturated carbocycles. The predicted octanol–water partition coefficient (Wildman–Crippen LogP) is 3.63. The molecule has 0 radical (unpaired) electrons. The molecule has 0 bridgehead atoms. The first-order valence-electron chi connectivity index (χ1n) is 7.54. The molecular formula is C18H24N2. The van der Waals surface area contributed by atoms with Crippen LogP contribution < -0.4 is 5.32 Å². The van der Waals surface area contributed by atoms with Crippen LogP contribution in [0.25, 0.3) is 0 Å². The van der Waals surface area contributed by atoms with Gasteiger partial charge in [-0.2, -0.15) is 0 Å². The van der Waals surface area contributed by atoms with E-state index < -0.39 is 0 Å². The number of rotatable bonds is 8. The van der Waals surface area contributed by atoms with Gasteiger partial charge < -0.3 is 5.32 Å².